The van der Waals surface area contributed by atoms with E-state index in [4.69, 9.17) is 11.5 Å². The number of hydrogen-bond donors (Lipinski definition) is 6. The van der Waals surface area contributed by atoms with Crippen molar-refractivity contribution in [3.05, 3.63) is 36.0 Å². The average Bonchev–Trinajstić information content (AvgIpc) is 3.58. The number of carboxylic acid groups (broad SMARTS) is 1. The zero-order valence-corrected chi connectivity index (χ0v) is 23.2. The van der Waals surface area contributed by atoms with Gasteiger partial charge in [-0.05, 0) is 62.3 Å². The number of carboxylic acids is 1. The van der Waals surface area contributed by atoms with Crippen LogP contribution in [0.25, 0.3) is 10.9 Å². The molecule has 4 unspecified atom stereocenters. The van der Waals surface area contributed by atoms with Crippen LogP contribution in [0.15, 0.2) is 30.5 Å². The number of benzene rings is 1. The first-order valence-electron chi connectivity index (χ1n) is 13.4. The molecular weight excluding hydrogens is 520 g/mol. The van der Waals surface area contributed by atoms with Gasteiger partial charge in [-0.15, -0.1) is 0 Å². The molecule has 0 saturated carbocycles. The van der Waals surface area contributed by atoms with Gasteiger partial charge < -0.3 is 37.1 Å². The fourth-order valence-electron chi connectivity index (χ4n) is 4.90. The monoisotopic (exact) mass is 560 g/mol. The number of aromatic amines is 1. The number of carbonyl (C=O) groups is 4. The first kappa shape index (κ1) is 30.5. The smallest absolute Gasteiger partial charge is 0.326 e. The Balaban J connectivity index is 1.80. The van der Waals surface area contributed by atoms with Gasteiger partial charge >= 0.3 is 5.97 Å². The zero-order valence-electron chi connectivity index (χ0n) is 22.4. The Morgan fingerprint density at radius 2 is 1.92 bits per heavy atom. The summed E-state index contributed by atoms with van der Waals surface area (Å²) in [5.41, 5.74) is 13.4. The molecule has 1 saturated heterocycles. The fraction of sp³-hybridized carbons (Fsp3) is 0.556. The quantitative estimate of drug-likeness (QED) is 0.174. The average molecular weight is 561 g/mol. The van der Waals surface area contributed by atoms with E-state index in [1.807, 2.05) is 36.7 Å². The van der Waals surface area contributed by atoms with Gasteiger partial charge in [-0.3, -0.25) is 14.4 Å². The molecule has 4 atom stereocenters. The minimum absolute atomic E-state index is 0.209. The van der Waals surface area contributed by atoms with E-state index in [9.17, 15) is 24.3 Å². The van der Waals surface area contributed by atoms with Crippen LogP contribution in [0.4, 0.5) is 0 Å². The van der Waals surface area contributed by atoms with Gasteiger partial charge in [0, 0.05) is 30.1 Å². The summed E-state index contributed by atoms with van der Waals surface area (Å²) in [6, 6.07) is 4.10. The van der Waals surface area contributed by atoms with Crippen LogP contribution in [0.2, 0.25) is 0 Å². The molecule has 1 aliphatic rings. The van der Waals surface area contributed by atoms with Crippen LogP contribution in [0.3, 0.4) is 0 Å². The zero-order chi connectivity index (χ0) is 28.4. The molecule has 0 radical (unpaired) electrons. The lowest BCUT2D eigenvalue weighted by Crippen LogP contribution is -2.57. The SMILES string of the molecule is CSCCC(NC(=O)C1CCCN1C(=O)C(Cc1c[nH]c2ccccc12)NC(=O)C(N)CCCCN)C(=O)O. The summed E-state index contributed by atoms with van der Waals surface area (Å²) in [6.45, 7) is 0.844. The standard InChI is InChI=1S/C27H40N6O5S/c1-39-14-11-21(27(37)38)31-25(35)23-10-6-13-33(23)26(36)22(32-24(34)19(29)8-4-5-12-28)15-17-16-30-20-9-3-2-7-18(17)20/h2-3,7,9,16,19,21-23,30H,4-6,8,10-15,28-29H2,1H3,(H,31,35)(H,32,34)(H,37,38). The maximum atomic E-state index is 13.9. The van der Waals surface area contributed by atoms with E-state index >= 15 is 0 Å². The van der Waals surface area contributed by atoms with E-state index in [2.05, 4.69) is 15.6 Å². The third-order valence-electron chi connectivity index (χ3n) is 7.08. The summed E-state index contributed by atoms with van der Waals surface area (Å²) in [5, 5.41) is 15.9. The van der Waals surface area contributed by atoms with Crippen molar-refractivity contribution in [2.45, 2.75) is 69.1 Å². The van der Waals surface area contributed by atoms with Gasteiger partial charge in [0.05, 0.1) is 6.04 Å². The number of H-pyrrole nitrogens is 1. The maximum absolute atomic E-state index is 13.9. The number of rotatable bonds is 15. The summed E-state index contributed by atoms with van der Waals surface area (Å²) in [7, 11) is 0. The third kappa shape index (κ3) is 8.20. The highest BCUT2D eigenvalue weighted by Gasteiger charge is 2.39. The fourth-order valence-corrected chi connectivity index (χ4v) is 5.37. The highest BCUT2D eigenvalue weighted by atomic mass is 32.2. The second-order valence-electron chi connectivity index (χ2n) is 9.89. The molecule has 11 nitrogen and oxygen atoms in total. The van der Waals surface area contributed by atoms with E-state index in [0.29, 0.717) is 44.5 Å². The number of nitrogens with one attached hydrogen (secondary N) is 3. The predicted octanol–water partition coefficient (Wildman–Crippen LogP) is 0.965. The van der Waals surface area contributed by atoms with Crippen molar-refractivity contribution in [3.8, 4) is 0 Å². The number of para-hydroxylation sites is 1. The van der Waals surface area contributed by atoms with E-state index in [1.54, 1.807) is 0 Å². The van der Waals surface area contributed by atoms with Crippen molar-refractivity contribution in [1.82, 2.24) is 20.5 Å². The Morgan fingerprint density at radius 3 is 2.64 bits per heavy atom. The van der Waals surface area contributed by atoms with Crippen molar-refractivity contribution in [1.29, 1.82) is 0 Å². The van der Waals surface area contributed by atoms with Gasteiger partial charge in [0.2, 0.25) is 17.7 Å². The normalized spacial score (nSPS) is 17.5. The van der Waals surface area contributed by atoms with Crippen LogP contribution in [-0.4, -0.2) is 87.9 Å². The van der Waals surface area contributed by atoms with Crippen LogP contribution in [0, 0.1) is 0 Å². The molecular formula is C27H40N6O5S. The Morgan fingerprint density at radius 1 is 1.15 bits per heavy atom. The lowest BCUT2D eigenvalue weighted by molar-refractivity contribution is -0.145. The lowest BCUT2D eigenvalue weighted by Gasteiger charge is -2.30. The van der Waals surface area contributed by atoms with Crippen LogP contribution in [-0.2, 0) is 25.6 Å². The maximum Gasteiger partial charge on any atom is 0.326 e. The molecule has 1 aromatic heterocycles. The van der Waals surface area contributed by atoms with Gasteiger partial charge in [0.15, 0.2) is 0 Å². The number of aliphatic carboxylic acids is 1. The van der Waals surface area contributed by atoms with E-state index in [1.165, 1.54) is 16.7 Å². The molecule has 12 heteroatoms. The second kappa shape index (κ2) is 14.9. The molecule has 39 heavy (non-hydrogen) atoms. The summed E-state index contributed by atoms with van der Waals surface area (Å²) < 4.78 is 0. The third-order valence-corrected chi connectivity index (χ3v) is 7.73. The molecule has 2 aromatic rings. The van der Waals surface area contributed by atoms with Crippen LogP contribution >= 0.6 is 11.8 Å². The Kier molecular flexibility index (Phi) is 11.6. The molecule has 3 amide bonds. The van der Waals surface area contributed by atoms with Gasteiger partial charge in [-0.25, -0.2) is 4.79 Å². The number of aromatic nitrogens is 1. The van der Waals surface area contributed by atoms with Crippen LogP contribution < -0.4 is 22.1 Å². The molecule has 8 N–H and O–H groups in total. The molecule has 0 bridgehead atoms. The first-order valence-corrected chi connectivity index (χ1v) is 14.8. The summed E-state index contributed by atoms with van der Waals surface area (Å²) in [5.74, 6) is -1.86. The minimum atomic E-state index is -1.11. The van der Waals surface area contributed by atoms with Crippen LogP contribution in [0.5, 0.6) is 0 Å². The van der Waals surface area contributed by atoms with Crippen molar-refractivity contribution in [3.63, 3.8) is 0 Å². The van der Waals surface area contributed by atoms with Gasteiger partial charge in [-0.1, -0.05) is 24.6 Å². The first-order chi connectivity index (χ1) is 18.8. The van der Waals surface area contributed by atoms with Crippen molar-refractivity contribution in [2.75, 3.05) is 25.1 Å². The number of unbranched alkanes of at least 4 members (excludes halogenated alkanes) is 1. The Hall–Kier alpha value is -3.09. The number of fused-ring (bicyclic) bond motifs is 1. The summed E-state index contributed by atoms with van der Waals surface area (Å²) in [6.07, 6.45) is 7.07. The van der Waals surface area contributed by atoms with Crippen molar-refractivity contribution in [2.24, 2.45) is 11.5 Å². The highest BCUT2D eigenvalue weighted by molar-refractivity contribution is 7.98. The Labute approximate surface area is 232 Å². The number of carbonyl (C=O) groups excluding carboxylic acids is 3. The topological polar surface area (TPSA) is 184 Å². The molecule has 0 aliphatic carbocycles. The predicted molar refractivity (Wildman–Crippen MR) is 152 cm³/mol. The number of amides is 3. The van der Waals surface area contributed by atoms with Gasteiger partial charge in [0.25, 0.3) is 0 Å². The van der Waals surface area contributed by atoms with Crippen molar-refractivity contribution < 1.29 is 24.3 Å². The minimum Gasteiger partial charge on any atom is -0.480 e. The van der Waals surface area contributed by atoms with Gasteiger partial charge in [-0.2, -0.15) is 11.8 Å². The highest BCUT2D eigenvalue weighted by Crippen LogP contribution is 2.23. The van der Waals surface area contributed by atoms with Gasteiger partial charge in [0.1, 0.15) is 18.1 Å². The molecule has 1 aromatic carbocycles. The molecule has 1 aliphatic heterocycles. The summed E-state index contributed by atoms with van der Waals surface area (Å²) in [4.78, 5) is 56.3. The van der Waals surface area contributed by atoms with E-state index < -0.39 is 47.9 Å². The Bertz CT molecular complexity index is 1140. The largest absolute Gasteiger partial charge is 0.480 e. The van der Waals surface area contributed by atoms with E-state index in [-0.39, 0.29) is 12.8 Å². The molecule has 0 spiro atoms. The molecule has 1 fully saturated rings. The lowest BCUT2D eigenvalue weighted by atomic mass is 10.0. The number of hydrogen-bond acceptors (Lipinski definition) is 7. The number of nitrogens with two attached hydrogens (primary N) is 2. The van der Waals surface area contributed by atoms with E-state index in [0.717, 1.165) is 22.9 Å². The second-order valence-corrected chi connectivity index (χ2v) is 10.9. The molecule has 2 heterocycles. The number of likely N-dealkylation sites (tertiary alicyclic amines) is 1. The van der Waals surface area contributed by atoms with Crippen LogP contribution in [0.1, 0.15) is 44.1 Å². The molecule has 3 rings (SSSR count). The molecule has 214 valence electrons. The summed E-state index contributed by atoms with van der Waals surface area (Å²) >= 11 is 1.49. The van der Waals surface area contributed by atoms with Crippen molar-refractivity contribution >= 4 is 46.4 Å². The number of thioether (sulfide) groups is 1. The number of nitrogens with zero attached hydrogens (tertiary/aromatic N) is 1.